The van der Waals surface area contributed by atoms with Gasteiger partial charge in [0.25, 0.3) is 5.91 Å². The van der Waals surface area contributed by atoms with Crippen LogP contribution in [0.5, 0.6) is 5.75 Å². The summed E-state index contributed by atoms with van der Waals surface area (Å²) in [6.07, 6.45) is 1.16. The highest BCUT2D eigenvalue weighted by Crippen LogP contribution is 2.41. The molecule has 1 aliphatic heterocycles. The van der Waals surface area contributed by atoms with Gasteiger partial charge in [-0.05, 0) is 53.8 Å². The molecule has 1 spiro atoms. The molecule has 0 radical (unpaired) electrons. The number of rotatable bonds is 6. The number of fused-ring (bicyclic) bond motifs is 2. The summed E-state index contributed by atoms with van der Waals surface area (Å²) in [5.74, 6) is -0.887. The molecule has 0 bridgehead atoms. The smallest absolute Gasteiger partial charge is 0.325 e. The number of amides is 4. The van der Waals surface area contributed by atoms with Crippen molar-refractivity contribution >= 4 is 23.5 Å². The molecule has 8 heteroatoms. The van der Waals surface area contributed by atoms with E-state index in [9.17, 15) is 18.8 Å². The zero-order valence-corrected chi connectivity index (χ0v) is 18.2. The molecule has 1 atom stereocenters. The van der Waals surface area contributed by atoms with Gasteiger partial charge in [0.1, 0.15) is 30.3 Å². The van der Waals surface area contributed by atoms with Crippen LogP contribution in [0.3, 0.4) is 0 Å². The largest absolute Gasteiger partial charge is 0.489 e. The number of ether oxygens (including phenoxy) is 1. The maximum absolute atomic E-state index is 13.3. The Balaban J connectivity index is 1.23. The number of carbonyl (C=O) groups excluding carboxylic acids is 3. The van der Waals surface area contributed by atoms with Gasteiger partial charge in [-0.1, -0.05) is 42.5 Å². The third kappa shape index (κ3) is 3.98. The number of anilines is 1. The van der Waals surface area contributed by atoms with Gasteiger partial charge in [-0.25, -0.2) is 9.18 Å². The number of imide groups is 1. The minimum Gasteiger partial charge on any atom is -0.489 e. The van der Waals surface area contributed by atoms with Gasteiger partial charge in [-0.2, -0.15) is 0 Å². The number of nitrogens with zero attached hydrogens (tertiary/aromatic N) is 1. The standard InChI is InChI=1S/C26H22FN3O4/c27-19-7-4-9-21(14-19)34-16-17-5-3-8-20(13-17)28-23(31)15-30-24(32)26(29-25(30)33)12-11-18-6-1-2-10-22(18)26/h1-10,13-14H,11-12,15-16H2,(H,28,31)(H,29,33). The number of hydrogen-bond donors (Lipinski definition) is 2. The van der Waals surface area contributed by atoms with Gasteiger partial charge in [-0.15, -0.1) is 0 Å². The monoisotopic (exact) mass is 459 g/mol. The van der Waals surface area contributed by atoms with Crippen LogP contribution in [0.25, 0.3) is 0 Å². The van der Waals surface area contributed by atoms with Crippen LogP contribution in [0.1, 0.15) is 23.1 Å². The summed E-state index contributed by atoms with van der Waals surface area (Å²) in [5.41, 5.74) is 1.99. The lowest BCUT2D eigenvalue weighted by atomic mass is 9.92. The molecular formula is C26H22FN3O4. The number of urea groups is 1. The fourth-order valence-electron chi connectivity index (χ4n) is 4.54. The van der Waals surface area contributed by atoms with Crippen molar-refractivity contribution in [3.8, 4) is 5.75 Å². The molecule has 1 heterocycles. The van der Waals surface area contributed by atoms with Crippen molar-refractivity contribution in [3.63, 3.8) is 0 Å². The van der Waals surface area contributed by atoms with Crippen molar-refractivity contribution in [2.24, 2.45) is 0 Å². The van der Waals surface area contributed by atoms with Crippen LogP contribution in [0.2, 0.25) is 0 Å². The van der Waals surface area contributed by atoms with Crippen LogP contribution in [-0.2, 0) is 28.2 Å². The molecule has 2 aliphatic rings. The lowest BCUT2D eigenvalue weighted by Crippen LogP contribution is -2.43. The molecule has 172 valence electrons. The van der Waals surface area contributed by atoms with E-state index in [1.165, 1.54) is 12.1 Å². The van der Waals surface area contributed by atoms with Gasteiger partial charge in [0.05, 0.1) is 0 Å². The summed E-state index contributed by atoms with van der Waals surface area (Å²) in [6, 6.07) is 19.8. The molecular weight excluding hydrogens is 437 g/mol. The summed E-state index contributed by atoms with van der Waals surface area (Å²) in [5, 5.41) is 5.54. The van der Waals surface area contributed by atoms with E-state index >= 15 is 0 Å². The fraction of sp³-hybridized carbons (Fsp3) is 0.192. The number of halogens is 1. The average molecular weight is 459 g/mol. The van der Waals surface area contributed by atoms with Gasteiger partial charge >= 0.3 is 6.03 Å². The van der Waals surface area contributed by atoms with Gasteiger partial charge in [0.15, 0.2) is 0 Å². The molecule has 1 unspecified atom stereocenters. The molecule has 4 amide bonds. The van der Waals surface area contributed by atoms with E-state index in [0.717, 1.165) is 21.6 Å². The maximum atomic E-state index is 13.3. The number of aryl methyl sites for hydroxylation is 1. The second-order valence-electron chi connectivity index (χ2n) is 8.38. The van der Waals surface area contributed by atoms with Crippen LogP contribution in [-0.4, -0.2) is 29.3 Å². The third-order valence-electron chi connectivity index (χ3n) is 6.14. The van der Waals surface area contributed by atoms with E-state index in [4.69, 9.17) is 4.74 Å². The van der Waals surface area contributed by atoms with Crippen molar-refractivity contribution in [2.45, 2.75) is 25.0 Å². The summed E-state index contributed by atoms with van der Waals surface area (Å²) >= 11 is 0. The predicted octanol–water partition coefficient (Wildman–Crippen LogP) is 3.74. The summed E-state index contributed by atoms with van der Waals surface area (Å²) in [6.45, 7) is -0.208. The molecule has 3 aromatic carbocycles. The van der Waals surface area contributed by atoms with Gasteiger partial charge in [0.2, 0.25) is 5.91 Å². The Labute approximate surface area is 195 Å². The minimum atomic E-state index is -1.10. The maximum Gasteiger partial charge on any atom is 0.325 e. The third-order valence-corrected chi connectivity index (χ3v) is 6.14. The Morgan fingerprint density at radius 1 is 1.06 bits per heavy atom. The highest BCUT2D eigenvalue weighted by molar-refractivity contribution is 6.10. The van der Waals surface area contributed by atoms with Crippen LogP contribution in [0.15, 0.2) is 72.8 Å². The Bertz CT molecular complexity index is 1290. The van der Waals surface area contributed by atoms with Crippen LogP contribution in [0, 0.1) is 5.82 Å². The number of hydrogen-bond acceptors (Lipinski definition) is 4. The first kappa shape index (κ1) is 21.6. The molecule has 0 saturated carbocycles. The fourth-order valence-corrected chi connectivity index (χ4v) is 4.54. The molecule has 3 aromatic rings. The molecule has 1 saturated heterocycles. The normalized spacial score (nSPS) is 18.7. The second kappa shape index (κ2) is 8.62. The van der Waals surface area contributed by atoms with Crippen molar-refractivity contribution in [2.75, 3.05) is 11.9 Å². The molecule has 0 aromatic heterocycles. The van der Waals surface area contributed by atoms with Crippen LogP contribution < -0.4 is 15.4 Å². The zero-order chi connectivity index (χ0) is 23.7. The van der Waals surface area contributed by atoms with E-state index in [1.807, 2.05) is 30.3 Å². The second-order valence-corrected chi connectivity index (χ2v) is 8.38. The lowest BCUT2D eigenvalue weighted by molar-refractivity contribution is -0.134. The van der Waals surface area contributed by atoms with E-state index in [0.29, 0.717) is 24.3 Å². The molecule has 5 rings (SSSR count). The van der Waals surface area contributed by atoms with E-state index < -0.39 is 29.9 Å². The lowest BCUT2D eigenvalue weighted by Gasteiger charge is -2.22. The zero-order valence-electron chi connectivity index (χ0n) is 18.2. The van der Waals surface area contributed by atoms with Crippen molar-refractivity contribution in [1.82, 2.24) is 10.2 Å². The van der Waals surface area contributed by atoms with Crippen LogP contribution in [0.4, 0.5) is 14.9 Å². The number of benzene rings is 3. The molecule has 2 N–H and O–H groups in total. The molecule has 34 heavy (non-hydrogen) atoms. The quantitative estimate of drug-likeness (QED) is 0.550. The first-order chi connectivity index (χ1) is 16.4. The topological polar surface area (TPSA) is 87.7 Å². The minimum absolute atomic E-state index is 0.183. The summed E-state index contributed by atoms with van der Waals surface area (Å²) in [7, 11) is 0. The van der Waals surface area contributed by atoms with Crippen molar-refractivity contribution < 1.29 is 23.5 Å². The Kier molecular flexibility index (Phi) is 5.49. The van der Waals surface area contributed by atoms with Gasteiger partial charge in [-0.3, -0.25) is 14.5 Å². The summed E-state index contributed by atoms with van der Waals surface area (Å²) < 4.78 is 18.9. The summed E-state index contributed by atoms with van der Waals surface area (Å²) in [4.78, 5) is 39.5. The Hall–Kier alpha value is -4.20. The molecule has 7 nitrogen and oxygen atoms in total. The van der Waals surface area contributed by atoms with E-state index in [2.05, 4.69) is 10.6 Å². The highest BCUT2D eigenvalue weighted by Gasteiger charge is 2.55. The SMILES string of the molecule is O=C(CN1C(=O)NC2(CCc3ccccc32)C1=O)Nc1cccc(COc2cccc(F)c2)c1. The molecule has 1 aliphatic carbocycles. The Morgan fingerprint density at radius 2 is 1.88 bits per heavy atom. The van der Waals surface area contributed by atoms with Crippen molar-refractivity contribution in [1.29, 1.82) is 0 Å². The molecule has 1 fully saturated rings. The van der Waals surface area contributed by atoms with Gasteiger partial charge < -0.3 is 15.4 Å². The number of carbonyl (C=O) groups is 3. The van der Waals surface area contributed by atoms with Crippen LogP contribution >= 0.6 is 0 Å². The van der Waals surface area contributed by atoms with E-state index in [-0.39, 0.29) is 12.4 Å². The first-order valence-corrected chi connectivity index (χ1v) is 10.9. The first-order valence-electron chi connectivity index (χ1n) is 10.9. The van der Waals surface area contributed by atoms with E-state index in [1.54, 1.807) is 30.3 Å². The Morgan fingerprint density at radius 3 is 2.74 bits per heavy atom. The van der Waals surface area contributed by atoms with Gasteiger partial charge in [0, 0.05) is 11.8 Å². The predicted molar refractivity (Wildman–Crippen MR) is 122 cm³/mol. The highest BCUT2D eigenvalue weighted by atomic mass is 19.1. The number of nitrogens with one attached hydrogen (secondary N) is 2. The average Bonchev–Trinajstić information content (AvgIpc) is 3.31. The van der Waals surface area contributed by atoms with Crippen molar-refractivity contribution in [3.05, 3.63) is 95.3 Å².